The fourth-order valence-corrected chi connectivity index (χ4v) is 2.93. The van der Waals surface area contributed by atoms with Crippen molar-refractivity contribution in [3.63, 3.8) is 0 Å². The monoisotopic (exact) mass is 318 g/mol. The normalized spacial score (nSPS) is 21.3. The maximum absolute atomic E-state index is 14.1. The number of tetrazole rings is 1. The first-order valence-corrected chi connectivity index (χ1v) is 7.07. The number of aliphatic hydroxyl groups excluding tert-OH is 1. The van der Waals surface area contributed by atoms with Gasteiger partial charge in [0.15, 0.2) is 11.5 Å². The van der Waals surface area contributed by atoms with Crippen LogP contribution in [0.1, 0.15) is 18.0 Å². The number of rotatable bonds is 2. The lowest BCUT2D eigenvalue weighted by atomic mass is 10.0. The molecule has 0 unspecified atom stereocenters. The molecule has 1 N–H and O–H groups in total. The molecule has 3 aromatic rings. The van der Waals surface area contributed by atoms with Gasteiger partial charge in [0, 0.05) is 12.1 Å². The zero-order chi connectivity index (χ0) is 16.0. The van der Waals surface area contributed by atoms with Crippen molar-refractivity contribution in [2.45, 2.75) is 18.6 Å². The van der Waals surface area contributed by atoms with Gasteiger partial charge in [-0.3, -0.25) is 0 Å². The van der Waals surface area contributed by atoms with Gasteiger partial charge in [-0.25, -0.2) is 8.78 Å². The third kappa shape index (κ3) is 2.38. The van der Waals surface area contributed by atoms with E-state index in [-0.39, 0.29) is 18.5 Å². The van der Waals surface area contributed by atoms with Crippen LogP contribution in [0.3, 0.4) is 0 Å². The summed E-state index contributed by atoms with van der Waals surface area (Å²) >= 11 is 0. The number of anilines is 1. The first-order chi connectivity index (χ1) is 11.1. The fraction of sp³-hybridized carbons (Fsp3) is 0.286. The lowest BCUT2D eigenvalue weighted by Crippen LogP contribution is -2.26. The Morgan fingerprint density at radius 1 is 1.17 bits per heavy atom. The summed E-state index contributed by atoms with van der Waals surface area (Å²) in [5.74, 6) is -0.555. The summed E-state index contributed by atoms with van der Waals surface area (Å²) < 4.78 is 28.9. The van der Waals surface area contributed by atoms with E-state index in [1.54, 1.807) is 17.0 Å². The van der Waals surface area contributed by atoms with Crippen molar-refractivity contribution in [1.82, 2.24) is 25.3 Å². The van der Waals surface area contributed by atoms with E-state index in [1.807, 2.05) is 0 Å². The molecule has 1 saturated heterocycles. The van der Waals surface area contributed by atoms with Crippen LogP contribution in [0.2, 0.25) is 0 Å². The summed E-state index contributed by atoms with van der Waals surface area (Å²) in [6.45, 7) is 0.265. The molecule has 23 heavy (non-hydrogen) atoms. The fourth-order valence-electron chi connectivity index (χ4n) is 2.93. The van der Waals surface area contributed by atoms with E-state index >= 15 is 0 Å². The molecule has 1 aliphatic heterocycles. The topological polar surface area (TPSA) is 79.4 Å². The largest absolute Gasteiger partial charge is 0.391 e. The van der Waals surface area contributed by atoms with Crippen molar-refractivity contribution >= 4 is 11.5 Å². The Morgan fingerprint density at radius 3 is 2.91 bits per heavy atom. The first-order valence-electron chi connectivity index (χ1n) is 7.07. The Morgan fingerprint density at radius 2 is 2.04 bits per heavy atom. The Bertz CT molecular complexity index is 869. The van der Waals surface area contributed by atoms with Crippen molar-refractivity contribution in [2.24, 2.45) is 0 Å². The number of nitrogens with zero attached hydrogens (tertiary/aromatic N) is 6. The smallest absolute Gasteiger partial charge is 0.200 e. The van der Waals surface area contributed by atoms with Gasteiger partial charge in [-0.2, -0.15) is 0 Å². The maximum Gasteiger partial charge on any atom is 0.200 e. The molecule has 0 aliphatic carbocycles. The lowest BCUT2D eigenvalue weighted by Gasteiger charge is -2.25. The van der Waals surface area contributed by atoms with Crippen LogP contribution < -0.4 is 4.90 Å². The van der Waals surface area contributed by atoms with Crippen LogP contribution in [0.4, 0.5) is 14.6 Å². The second-order valence-corrected chi connectivity index (χ2v) is 5.44. The molecule has 0 bridgehead atoms. The standard InChI is InChI=1S/C14H12F2N6O/c15-8-1-2-11(16)10(5-8)12-6-9(23)7-21(12)14-4-3-13-17-19-20-22(13)18-14/h1-5,9,12,23H,6-7H2/t9-,12+/m0/s1. The summed E-state index contributed by atoms with van der Waals surface area (Å²) in [6, 6.07) is 6.16. The molecule has 0 radical (unpaired) electrons. The molecular formula is C14H12F2N6O. The van der Waals surface area contributed by atoms with Gasteiger partial charge in [-0.05, 0) is 47.2 Å². The molecule has 4 rings (SSSR count). The Balaban J connectivity index is 1.77. The number of halogens is 2. The van der Waals surface area contributed by atoms with Crippen molar-refractivity contribution in [3.8, 4) is 0 Å². The Hall–Kier alpha value is -2.68. The maximum atomic E-state index is 14.1. The van der Waals surface area contributed by atoms with E-state index in [1.165, 1.54) is 4.63 Å². The predicted molar refractivity (Wildman–Crippen MR) is 75.6 cm³/mol. The van der Waals surface area contributed by atoms with Crippen molar-refractivity contribution in [1.29, 1.82) is 0 Å². The summed E-state index contributed by atoms with van der Waals surface area (Å²) in [4.78, 5) is 1.73. The second kappa shape index (κ2) is 5.20. The van der Waals surface area contributed by atoms with Gasteiger partial charge in [-0.1, -0.05) is 0 Å². The first kappa shape index (κ1) is 13.9. The van der Waals surface area contributed by atoms with E-state index in [0.29, 0.717) is 11.5 Å². The number of benzene rings is 1. The van der Waals surface area contributed by atoms with E-state index in [2.05, 4.69) is 20.6 Å². The molecule has 0 spiro atoms. The SMILES string of the molecule is O[C@H]1C[C@H](c2cc(F)ccc2F)N(c2ccc3nnnn3n2)C1. The molecule has 0 amide bonds. The van der Waals surface area contributed by atoms with Crippen molar-refractivity contribution in [2.75, 3.05) is 11.4 Å². The molecule has 3 heterocycles. The van der Waals surface area contributed by atoms with E-state index < -0.39 is 23.8 Å². The summed E-state index contributed by atoms with van der Waals surface area (Å²) in [5.41, 5.74) is 0.669. The van der Waals surface area contributed by atoms with Gasteiger partial charge in [-0.15, -0.1) is 14.8 Å². The number of fused-ring (bicyclic) bond motifs is 1. The Kier molecular flexibility index (Phi) is 3.15. The minimum Gasteiger partial charge on any atom is -0.391 e. The minimum atomic E-state index is -0.658. The lowest BCUT2D eigenvalue weighted by molar-refractivity contribution is 0.194. The summed E-state index contributed by atoms with van der Waals surface area (Å²) in [5, 5.41) is 25.2. The van der Waals surface area contributed by atoms with Crippen molar-refractivity contribution < 1.29 is 13.9 Å². The van der Waals surface area contributed by atoms with Crippen LogP contribution in [0.15, 0.2) is 30.3 Å². The van der Waals surface area contributed by atoms with Crippen LogP contribution in [0, 0.1) is 11.6 Å². The van der Waals surface area contributed by atoms with Gasteiger partial charge in [0.05, 0.1) is 12.1 Å². The third-order valence-corrected chi connectivity index (χ3v) is 3.95. The van der Waals surface area contributed by atoms with E-state index in [0.717, 1.165) is 18.2 Å². The quantitative estimate of drug-likeness (QED) is 0.762. The molecule has 2 aromatic heterocycles. The zero-order valence-corrected chi connectivity index (χ0v) is 11.8. The molecule has 9 heteroatoms. The number of β-amino-alcohol motifs (C(OH)–C–C–N with tert-alkyl or cyclic N) is 1. The molecule has 1 aromatic carbocycles. The number of aliphatic hydroxyl groups is 1. The molecule has 7 nitrogen and oxygen atoms in total. The molecular weight excluding hydrogens is 306 g/mol. The molecule has 0 saturated carbocycles. The summed E-state index contributed by atoms with van der Waals surface area (Å²) in [6.07, 6.45) is -0.371. The molecule has 1 aliphatic rings. The van der Waals surface area contributed by atoms with Crippen LogP contribution in [0.5, 0.6) is 0 Å². The third-order valence-electron chi connectivity index (χ3n) is 3.95. The Labute approximate surface area is 129 Å². The van der Waals surface area contributed by atoms with Crippen LogP contribution in [0.25, 0.3) is 5.65 Å². The van der Waals surface area contributed by atoms with Gasteiger partial charge in [0.1, 0.15) is 11.6 Å². The average Bonchev–Trinajstić information content (AvgIpc) is 3.15. The zero-order valence-electron chi connectivity index (χ0n) is 11.8. The van der Waals surface area contributed by atoms with E-state index in [9.17, 15) is 13.9 Å². The second-order valence-electron chi connectivity index (χ2n) is 5.44. The molecule has 2 atom stereocenters. The van der Waals surface area contributed by atoms with Gasteiger partial charge in [0.25, 0.3) is 0 Å². The van der Waals surface area contributed by atoms with Gasteiger partial charge < -0.3 is 10.0 Å². The number of aromatic nitrogens is 5. The summed E-state index contributed by atoms with van der Waals surface area (Å²) in [7, 11) is 0. The van der Waals surface area contributed by atoms with Gasteiger partial charge in [0.2, 0.25) is 0 Å². The highest BCUT2D eigenvalue weighted by molar-refractivity contribution is 5.48. The number of hydrogen-bond donors (Lipinski definition) is 1. The van der Waals surface area contributed by atoms with Crippen LogP contribution in [-0.4, -0.2) is 43.0 Å². The minimum absolute atomic E-state index is 0.195. The number of hydrogen-bond acceptors (Lipinski definition) is 6. The predicted octanol–water partition coefficient (Wildman–Crippen LogP) is 1.11. The average molecular weight is 318 g/mol. The van der Waals surface area contributed by atoms with Crippen LogP contribution in [-0.2, 0) is 0 Å². The highest BCUT2D eigenvalue weighted by Gasteiger charge is 2.35. The van der Waals surface area contributed by atoms with E-state index in [4.69, 9.17) is 0 Å². The van der Waals surface area contributed by atoms with Crippen molar-refractivity contribution in [3.05, 3.63) is 47.5 Å². The van der Waals surface area contributed by atoms with Gasteiger partial charge >= 0.3 is 0 Å². The van der Waals surface area contributed by atoms with Crippen LogP contribution >= 0.6 is 0 Å². The highest BCUT2D eigenvalue weighted by Crippen LogP contribution is 2.36. The molecule has 118 valence electrons. The molecule has 1 fully saturated rings. The highest BCUT2D eigenvalue weighted by atomic mass is 19.1.